The number of rotatable bonds is 3. The van der Waals surface area contributed by atoms with Gasteiger partial charge in [0.15, 0.2) is 0 Å². The summed E-state index contributed by atoms with van der Waals surface area (Å²) in [6, 6.07) is 0. The predicted octanol–water partition coefficient (Wildman–Crippen LogP) is 3.52. The van der Waals surface area contributed by atoms with E-state index in [2.05, 4.69) is 15.9 Å². The van der Waals surface area contributed by atoms with Crippen molar-refractivity contribution in [2.45, 2.75) is 62.1 Å². The fraction of sp³-hybridized carbons (Fsp3) is 0.895. The highest BCUT2D eigenvalue weighted by Crippen LogP contribution is 2.65. The highest BCUT2D eigenvalue weighted by Gasteiger charge is 2.57. The number of nitrogens with zero attached hydrogens (tertiary/aromatic N) is 1. The summed E-state index contributed by atoms with van der Waals surface area (Å²) in [5.41, 5.74) is 0.240. The molecular weight excluding hydrogens is 370 g/mol. The number of hydrogen-bond donors (Lipinski definition) is 0. The van der Waals surface area contributed by atoms with Gasteiger partial charge in [0.2, 0.25) is 5.91 Å². The van der Waals surface area contributed by atoms with Crippen LogP contribution in [0.15, 0.2) is 0 Å². The monoisotopic (exact) mass is 397 g/mol. The lowest BCUT2D eigenvalue weighted by atomic mass is 9.48. The fourth-order valence-electron chi connectivity index (χ4n) is 6.51. The predicted molar refractivity (Wildman–Crippen MR) is 94.7 cm³/mol. The molecule has 4 bridgehead atoms. The van der Waals surface area contributed by atoms with Gasteiger partial charge in [0, 0.05) is 23.8 Å². The molecule has 1 amide bonds. The summed E-state index contributed by atoms with van der Waals surface area (Å²) in [4.78, 5) is 26.6. The van der Waals surface area contributed by atoms with Gasteiger partial charge in [0.1, 0.15) is 0 Å². The van der Waals surface area contributed by atoms with Crippen LogP contribution < -0.4 is 0 Å². The third-order valence-electron chi connectivity index (χ3n) is 7.02. The van der Waals surface area contributed by atoms with E-state index in [1.165, 1.54) is 45.6 Å². The third kappa shape index (κ3) is 3.02. The largest absolute Gasteiger partial charge is 0.469 e. The molecule has 134 valence electrons. The van der Waals surface area contributed by atoms with Crippen molar-refractivity contribution in [3.05, 3.63) is 0 Å². The number of esters is 1. The number of ether oxygens (including phenoxy) is 1. The third-order valence-corrected chi connectivity index (χ3v) is 7.95. The maximum absolute atomic E-state index is 12.9. The standard InChI is InChI=1S/C19H28BrNO3/c1-24-17(23)15-2-4-21(5-3-15)16(22)11-18-7-13-6-14(8-18)10-19(20,9-13)12-18/h13-15H,2-12H2,1H3. The van der Waals surface area contributed by atoms with Crippen LogP contribution in [0, 0.1) is 23.2 Å². The fourth-order valence-corrected chi connectivity index (χ4v) is 8.02. The SMILES string of the molecule is COC(=O)C1CCN(C(=O)CC23CC4CC(CC(Br)(C4)C2)C3)CC1. The first-order chi connectivity index (χ1) is 11.4. The van der Waals surface area contributed by atoms with E-state index < -0.39 is 0 Å². The van der Waals surface area contributed by atoms with Gasteiger partial charge in [0.25, 0.3) is 0 Å². The number of piperidine rings is 1. The van der Waals surface area contributed by atoms with Crippen LogP contribution in [0.4, 0.5) is 0 Å². The summed E-state index contributed by atoms with van der Waals surface area (Å²) in [6.07, 6.45) is 9.90. The number of amides is 1. The number of carbonyl (C=O) groups excluding carboxylic acids is 2. The van der Waals surface area contributed by atoms with Gasteiger partial charge in [0.05, 0.1) is 13.0 Å². The lowest BCUT2D eigenvalue weighted by Gasteiger charge is -2.60. The van der Waals surface area contributed by atoms with Gasteiger partial charge in [-0.1, -0.05) is 15.9 Å². The zero-order chi connectivity index (χ0) is 16.9. The Bertz CT molecular complexity index is 527. The Morgan fingerprint density at radius 2 is 1.75 bits per heavy atom. The number of hydrogen-bond acceptors (Lipinski definition) is 3. The van der Waals surface area contributed by atoms with Gasteiger partial charge in [-0.25, -0.2) is 0 Å². The van der Waals surface area contributed by atoms with Crippen LogP contribution in [0.1, 0.15) is 57.8 Å². The Balaban J connectivity index is 1.38. The van der Waals surface area contributed by atoms with Crippen LogP contribution >= 0.6 is 15.9 Å². The summed E-state index contributed by atoms with van der Waals surface area (Å²) in [5, 5.41) is 0. The van der Waals surface area contributed by atoms with E-state index >= 15 is 0 Å². The molecule has 0 aromatic carbocycles. The van der Waals surface area contributed by atoms with E-state index in [9.17, 15) is 9.59 Å². The van der Waals surface area contributed by atoms with Gasteiger partial charge in [-0.15, -0.1) is 0 Å². The Kier molecular flexibility index (Phi) is 4.21. The van der Waals surface area contributed by atoms with Crippen LogP contribution in [-0.2, 0) is 14.3 Å². The van der Waals surface area contributed by atoms with E-state index in [0.29, 0.717) is 23.3 Å². The molecule has 5 heteroatoms. The van der Waals surface area contributed by atoms with Gasteiger partial charge in [-0.2, -0.15) is 0 Å². The molecule has 4 saturated carbocycles. The quantitative estimate of drug-likeness (QED) is 0.540. The molecule has 0 aromatic heterocycles. The summed E-state index contributed by atoms with van der Waals surface area (Å²) < 4.78 is 5.15. The summed E-state index contributed by atoms with van der Waals surface area (Å²) >= 11 is 4.03. The van der Waals surface area contributed by atoms with Crippen LogP contribution in [0.5, 0.6) is 0 Å². The van der Waals surface area contributed by atoms with Crippen LogP contribution in [0.2, 0.25) is 0 Å². The number of carbonyl (C=O) groups is 2. The van der Waals surface area contributed by atoms with Crippen molar-refractivity contribution in [1.29, 1.82) is 0 Å². The second-order valence-electron chi connectivity index (χ2n) is 8.97. The topological polar surface area (TPSA) is 46.6 Å². The van der Waals surface area contributed by atoms with E-state index in [0.717, 1.165) is 31.1 Å². The molecule has 0 radical (unpaired) electrons. The molecule has 1 aliphatic heterocycles. The molecule has 5 rings (SSSR count). The molecule has 4 aliphatic carbocycles. The Morgan fingerprint density at radius 3 is 2.29 bits per heavy atom. The Hall–Kier alpha value is -0.580. The first-order valence-corrected chi connectivity index (χ1v) is 10.2. The Morgan fingerprint density at radius 1 is 1.12 bits per heavy atom. The maximum atomic E-state index is 12.9. The van der Waals surface area contributed by atoms with E-state index in [4.69, 9.17) is 4.74 Å². The van der Waals surface area contributed by atoms with Crippen LogP contribution in [0.3, 0.4) is 0 Å². The first kappa shape index (κ1) is 16.9. The molecule has 1 heterocycles. The summed E-state index contributed by atoms with van der Waals surface area (Å²) in [6.45, 7) is 1.42. The van der Waals surface area contributed by atoms with Crippen LogP contribution in [0.25, 0.3) is 0 Å². The molecule has 1 saturated heterocycles. The number of likely N-dealkylation sites (tertiary alicyclic amines) is 1. The first-order valence-electron chi connectivity index (χ1n) is 9.45. The molecule has 2 atom stereocenters. The van der Waals surface area contributed by atoms with Gasteiger partial charge >= 0.3 is 5.97 Å². The van der Waals surface area contributed by atoms with Crippen molar-refractivity contribution in [3.8, 4) is 0 Å². The minimum Gasteiger partial charge on any atom is -0.469 e. The van der Waals surface area contributed by atoms with Gasteiger partial charge in [-0.05, 0) is 68.6 Å². The highest BCUT2D eigenvalue weighted by atomic mass is 79.9. The molecule has 5 aliphatic rings. The van der Waals surface area contributed by atoms with Crippen molar-refractivity contribution in [2.24, 2.45) is 23.2 Å². The zero-order valence-corrected chi connectivity index (χ0v) is 16.1. The van der Waals surface area contributed by atoms with Gasteiger partial charge < -0.3 is 9.64 Å². The minimum atomic E-state index is -0.121. The number of alkyl halides is 1. The normalized spacial score (nSPS) is 41.5. The number of methoxy groups -OCH3 is 1. The van der Waals surface area contributed by atoms with Crippen LogP contribution in [-0.4, -0.2) is 41.3 Å². The van der Waals surface area contributed by atoms with Crippen molar-refractivity contribution >= 4 is 27.8 Å². The van der Waals surface area contributed by atoms with Crippen molar-refractivity contribution in [2.75, 3.05) is 20.2 Å². The molecule has 2 unspecified atom stereocenters. The molecule has 0 spiro atoms. The molecule has 0 aromatic rings. The van der Waals surface area contributed by atoms with E-state index in [1.807, 2.05) is 4.90 Å². The zero-order valence-electron chi connectivity index (χ0n) is 14.6. The second kappa shape index (κ2) is 6.00. The lowest BCUT2D eigenvalue weighted by molar-refractivity contribution is -0.150. The van der Waals surface area contributed by atoms with Gasteiger partial charge in [-0.3, -0.25) is 9.59 Å². The maximum Gasteiger partial charge on any atom is 0.308 e. The molecule has 5 fully saturated rings. The van der Waals surface area contributed by atoms with Crippen molar-refractivity contribution < 1.29 is 14.3 Å². The van der Waals surface area contributed by atoms with E-state index in [-0.39, 0.29) is 17.3 Å². The average molecular weight is 398 g/mol. The lowest BCUT2D eigenvalue weighted by Crippen LogP contribution is -2.54. The minimum absolute atomic E-state index is 0.0237. The smallest absolute Gasteiger partial charge is 0.308 e. The highest BCUT2D eigenvalue weighted by molar-refractivity contribution is 9.10. The molecule has 24 heavy (non-hydrogen) atoms. The second-order valence-corrected chi connectivity index (χ2v) is 10.6. The summed E-state index contributed by atoms with van der Waals surface area (Å²) in [7, 11) is 1.45. The van der Waals surface area contributed by atoms with Crippen molar-refractivity contribution in [1.82, 2.24) is 4.90 Å². The molecule has 4 nitrogen and oxygen atoms in total. The number of halogens is 1. The van der Waals surface area contributed by atoms with Crippen molar-refractivity contribution in [3.63, 3.8) is 0 Å². The molecule has 0 N–H and O–H groups in total. The molecular formula is C19H28BrNO3. The van der Waals surface area contributed by atoms with E-state index in [1.54, 1.807) is 0 Å². The Labute approximate surface area is 152 Å². The summed E-state index contributed by atoms with van der Waals surface area (Å²) in [5.74, 6) is 1.82. The average Bonchev–Trinajstić information content (AvgIpc) is 2.51.